The molecule has 0 bridgehead atoms. The second kappa shape index (κ2) is 6.07. The predicted octanol–water partition coefficient (Wildman–Crippen LogP) is 4.32. The molecular weight excluding hydrogens is 308 g/mol. The average molecular weight is 332 g/mol. The van der Waals surface area contributed by atoms with Crippen molar-refractivity contribution in [1.29, 1.82) is 0 Å². The standard InChI is InChI=1S/C22H24N2O/c1-15-11-12-16(2)20-19(15)18-10-7-13-23(3)22(25)21(18)24(20)14-17-8-5-4-6-9-17/h4-6,8-9,11-12H,7,10,13-14H2,1-3H3. The van der Waals surface area contributed by atoms with E-state index in [1.165, 1.54) is 33.2 Å². The lowest BCUT2D eigenvalue weighted by molar-refractivity contribution is 0.0790. The summed E-state index contributed by atoms with van der Waals surface area (Å²) in [5, 5.41) is 1.29. The van der Waals surface area contributed by atoms with Crippen molar-refractivity contribution in [2.75, 3.05) is 13.6 Å². The number of rotatable bonds is 2. The molecule has 0 aliphatic carbocycles. The van der Waals surface area contributed by atoms with E-state index in [0.717, 1.165) is 31.6 Å². The van der Waals surface area contributed by atoms with Gasteiger partial charge in [0.25, 0.3) is 5.91 Å². The molecule has 0 radical (unpaired) electrons. The molecule has 0 fully saturated rings. The molecule has 2 aromatic carbocycles. The van der Waals surface area contributed by atoms with Crippen LogP contribution in [0.15, 0.2) is 42.5 Å². The van der Waals surface area contributed by atoms with Crippen LogP contribution in [0.5, 0.6) is 0 Å². The summed E-state index contributed by atoms with van der Waals surface area (Å²) in [6.07, 6.45) is 1.99. The Bertz CT molecular complexity index is 953. The van der Waals surface area contributed by atoms with Gasteiger partial charge in [0.1, 0.15) is 5.69 Å². The molecule has 3 heteroatoms. The third-order valence-corrected chi connectivity index (χ3v) is 5.37. The third-order valence-electron chi connectivity index (χ3n) is 5.37. The molecule has 0 saturated heterocycles. The van der Waals surface area contributed by atoms with E-state index in [1.54, 1.807) is 0 Å². The van der Waals surface area contributed by atoms with Crippen molar-refractivity contribution in [1.82, 2.24) is 9.47 Å². The van der Waals surface area contributed by atoms with Gasteiger partial charge in [-0.2, -0.15) is 0 Å². The Balaban J connectivity index is 2.04. The fourth-order valence-corrected chi connectivity index (χ4v) is 4.11. The Morgan fingerprint density at radius 2 is 1.72 bits per heavy atom. The van der Waals surface area contributed by atoms with Crippen molar-refractivity contribution in [3.8, 4) is 0 Å². The van der Waals surface area contributed by atoms with E-state index in [2.05, 4.69) is 54.8 Å². The third kappa shape index (κ3) is 2.55. The first-order valence-electron chi connectivity index (χ1n) is 8.98. The highest BCUT2D eigenvalue weighted by molar-refractivity contribution is 6.04. The summed E-state index contributed by atoms with van der Waals surface area (Å²) in [5.41, 5.74) is 7.07. The smallest absolute Gasteiger partial charge is 0.270 e. The van der Waals surface area contributed by atoms with Crippen LogP contribution >= 0.6 is 0 Å². The topological polar surface area (TPSA) is 25.2 Å². The summed E-state index contributed by atoms with van der Waals surface area (Å²) in [5.74, 6) is 0.151. The van der Waals surface area contributed by atoms with E-state index < -0.39 is 0 Å². The first kappa shape index (κ1) is 15.9. The molecule has 1 aromatic heterocycles. The van der Waals surface area contributed by atoms with Crippen LogP contribution in [-0.4, -0.2) is 29.0 Å². The van der Waals surface area contributed by atoms with E-state index in [9.17, 15) is 4.79 Å². The van der Waals surface area contributed by atoms with Gasteiger partial charge in [0, 0.05) is 25.5 Å². The SMILES string of the molecule is Cc1ccc(C)c2c1c1c(n2Cc2ccccc2)C(=O)N(C)CCC1. The van der Waals surface area contributed by atoms with Crippen LogP contribution in [0, 0.1) is 13.8 Å². The minimum Gasteiger partial charge on any atom is -0.340 e. The van der Waals surface area contributed by atoms with Crippen LogP contribution in [0.2, 0.25) is 0 Å². The van der Waals surface area contributed by atoms with E-state index in [-0.39, 0.29) is 5.91 Å². The van der Waals surface area contributed by atoms with Gasteiger partial charge in [0.05, 0.1) is 5.52 Å². The lowest BCUT2D eigenvalue weighted by Gasteiger charge is -2.17. The molecule has 1 aliphatic heterocycles. The molecule has 0 N–H and O–H groups in total. The normalized spacial score (nSPS) is 14.7. The van der Waals surface area contributed by atoms with E-state index >= 15 is 0 Å². The van der Waals surface area contributed by atoms with Crippen molar-refractivity contribution < 1.29 is 4.79 Å². The number of aromatic nitrogens is 1. The second-order valence-electron chi connectivity index (χ2n) is 7.15. The summed E-state index contributed by atoms with van der Waals surface area (Å²) in [7, 11) is 1.92. The fourth-order valence-electron chi connectivity index (χ4n) is 4.11. The highest BCUT2D eigenvalue weighted by Crippen LogP contribution is 2.35. The zero-order valence-corrected chi connectivity index (χ0v) is 15.2. The summed E-state index contributed by atoms with van der Waals surface area (Å²) >= 11 is 0. The molecule has 4 rings (SSSR count). The first-order chi connectivity index (χ1) is 12.1. The average Bonchev–Trinajstić information content (AvgIpc) is 2.85. The van der Waals surface area contributed by atoms with Gasteiger partial charge in [-0.15, -0.1) is 0 Å². The number of hydrogen-bond acceptors (Lipinski definition) is 1. The first-order valence-corrected chi connectivity index (χ1v) is 8.98. The molecule has 2 heterocycles. The number of benzene rings is 2. The summed E-state index contributed by atoms with van der Waals surface area (Å²) in [6.45, 7) is 5.87. The van der Waals surface area contributed by atoms with E-state index in [0.29, 0.717) is 0 Å². The van der Waals surface area contributed by atoms with Crippen molar-refractivity contribution in [3.05, 3.63) is 70.4 Å². The summed E-state index contributed by atoms with van der Waals surface area (Å²) < 4.78 is 2.26. The van der Waals surface area contributed by atoms with Gasteiger partial charge < -0.3 is 9.47 Å². The molecular formula is C22H24N2O. The molecule has 0 saturated carbocycles. The van der Waals surface area contributed by atoms with Crippen LogP contribution in [-0.2, 0) is 13.0 Å². The number of amides is 1. The monoisotopic (exact) mass is 332 g/mol. The largest absolute Gasteiger partial charge is 0.340 e. The van der Waals surface area contributed by atoms with Gasteiger partial charge in [0.2, 0.25) is 0 Å². The van der Waals surface area contributed by atoms with Crippen LogP contribution in [0.1, 0.15) is 39.2 Å². The highest BCUT2D eigenvalue weighted by atomic mass is 16.2. The Morgan fingerprint density at radius 1 is 1.00 bits per heavy atom. The van der Waals surface area contributed by atoms with Crippen LogP contribution in [0.3, 0.4) is 0 Å². The summed E-state index contributed by atoms with van der Waals surface area (Å²) in [6, 6.07) is 14.8. The molecule has 3 nitrogen and oxygen atoms in total. The number of aryl methyl sites for hydroxylation is 3. The molecule has 25 heavy (non-hydrogen) atoms. The molecule has 0 atom stereocenters. The zero-order valence-electron chi connectivity index (χ0n) is 15.2. The minimum absolute atomic E-state index is 0.151. The molecule has 1 amide bonds. The number of fused-ring (bicyclic) bond motifs is 3. The van der Waals surface area contributed by atoms with Gasteiger partial charge in [-0.05, 0) is 48.9 Å². The highest BCUT2D eigenvalue weighted by Gasteiger charge is 2.28. The Kier molecular flexibility index (Phi) is 3.87. The minimum atomic E-state index is 0.151. The number of carbonyl (C=O) groups excluding carboxylic acids is 1. The number of nitrogens with zero attached hydrogens (tertiary/aromatic N) is 2. The maximum Gasteiger partial charge on any atom is 0.270 e. The van der Waals surface area contributed by atoms with Gasteiger partial charge in [-0.1, -0.05) is 42.5 Å². The Hall–Kier alpha value is -2.55. The molecule has 0 spiro atoms. The molecule has 3 aromatic rings. The van der Waals surface area contributed by atoms with E-state index in [4.69, 9.17) is 0 Å². The zero-order chi connectivity index (χ0) is 17.6. The van der Waals surface area contributed by atoms with Gasteiger partial charge in [-0.3, -0.25) is 4.79 Å². The molecule has 0 unspecified atom stereocenters. The summed E-state index contributed by atoms with van der Waals surface area (Å²) in [4.78, 5) is 15.0. The maximum atomic E-state index is 13.1. The van der Waals surface area contributed by atoms with Crippen molar-refractivity contribution in [2.24, 2.45) is 0 Å². The van der Waals surface area contributed by atoms with Gasteiger partial charge in [0.15, 0.2) is 0 Å². The van der Waals surface area contributed by atoms with E-state index in [1.807, 2.05) is 18.0 Å². The van der Waals surface area contributed by atoms with Crippen LogP contribution in [0.25, 0.3) is 10.9 Å². The predicted molar refractivity (Wildman–Crippen MR) is 102 cm³/mol. The number of carbonyl (C=O) groups is 1. The Labute approximate surface area is 148 Å². The van der Waals surface area contributed by atoms with Crippen molar-refractivity contribution >= 4 is 16.8 Å². The van der Waals surface area contributed by atoms with Crippen LogP contribution < -0.4 is 0 Å². The quantitative estimate of drug-likeness (QED) is 0.686. The van der Waals surface area contributed by atoms with Crippen molar-refractivity contribution in [2.45, 2.75) is 33.2 Å². The fraction of sp³-hybridized carbons (Fsp3) is 0.318. The molecule has 1 aliphatic rings. The maximum absolute atomic E-state index is 13.1. The molecule has 128 valence electrons. The lowest BCUT2D eigenvalue weighted by atomic mass is 10.0. The number of hydrogen-bond donors (Lipinski definition) is 0. The lowest BCUT2D eigenvalue weighted by Crippen LogP contribution is -2.28. The Morgan fingerprint density at radius 3 is 2.48 bits per heavy atom. The van der Waals surface area contributed by atoms with Gasteiger partial charge >= 0.3 is 0 Å². The second-order valence-corrected chi connectivity index (χ2v) is 7.15. The van der Waals surface area contributed by atoms with Crippen LogP contribution in [0.4, 0.5) is 0 Å². The van der Waals surface area contributed by atoms with Gasteiger partial charge in [-0.25, -0.2) is 0 Å². The van der Waals surface area contributed by atoms with Crippen molar-refractivity contribution in [3.63, 3.8) is 0 Å².